The van der Waals surface area contributed by atoms with Crippen molar-refractivity contribution in [3.05, 3.63) is 83.9 Å². The summed E-state index contributed by atoms with van der Waals surface area (Å²) in [5, 5.41) is 6.49. The van der Waals surface area contributed by atoms with E-state index in [1.165, 1.54) is 43.8 Å². The molecule has 1 aliphatic heterocycles. The van der Waals surface area contributed by atoms with Crippen LogP contribution in [0.5, 0.6) is 0 Å². The van der Waals surface area contributed by atoms with Crippen LogP contribution in [0.1, 0.15) is 11.1 Å². The first-order valence-electron chi connectivity index (χ1n) is 8.18. The van der Waals surface area contributed by atoms with Crippen molar-refractivity contribution in [3.8, 4) is 11.1 Å². The topological polar surface area (TPSA) is 17.1 Å². The van der Waals surface area contributed by atoms with Crippen molar-refractivity contribution in [1.82, 2.24) is 0 Å². The Hall–Kier alpha value is -2.28. The second kappa shape index (κ2) is 5.37. The van der Waals surface area contributed by atoms with Crippen molar-refractivity contribution in [2.45, 2.75) is 10.6 Å². The summed E-state index contributed by atoms with van der Waals surface area (Å²) in [5.41, 5.74) is 5.07. The van der Waals surface area contributed by atoms with Crippen LogP contribution in [0.4, 0.5) is 0 Å². The van der Waals surface area contributed by atoms with Crippen LogP contribution in [0, 0.1) is 0 Å². The quantitative estimate of drug-likeness (QED) is 0.383. The fraction of sp³-hybridized carbons (Fsp3) is 0.0909. The first-order chi connectivity index (χ1) is 11.8. The molecule has 0 fully saturated rings. The van der Waals surface area contributed by atoms with E-state index in [0.717, 1.165) is 10.6 Å². The van der Waals surface area contributed by atoms with Gasteiger partial charge in [-0.3, -0.25) is 0 Å². The monoisotopic (exact) mass is 376 g/mol. The van der Waals surface area contributed by atoms with E-state index in [0.29, 0.717) is 0 Å². The molecular weight excluding hydrogens is 359 g/mol. The molecule has 1 heterocycles. The Kier molecular flexibility index (Phi) is 3.16. The van der Waals surface area contributed by atoms with Gasteiger partial charge >= 0.3 is 145 Å². The van der Waals surface area contributed by atoms with E-state index in [4.69, 9.17) is 0 Å². The molecule has 0 amide bonds. The molecule has 5 rings (SSSR count). The standard InChI is InChI=1S/C22H16OSe/c23-24-13-17-11-9-15-5-1-3-7-19(15)21(17)22-18(14-24)12-10-16-6-2-4-8-20(16)22/h1-12H,13-14H2. The summed E-state index contributed by atoms with van der Waals surface area (Å²) in [6.07, 6.45) is 0. The molecule has 116 valence electrons. The molecule has 1 aliphatic rings. The van der Waals surface area contributed by atoms with Gasteiger partial charge in [-0.1, -0.05) is 0 Å². The van der Waals surface area contributed by atoms with Crippen LogP contribution in [0.25, 0.3) is 32.7 Å². The van der Waals surface area contributed by atoms with E-state index < -0.39 is 13.8 Å². The zero-order valence-electron chi connectivity index (χ0n) is 13.2. The molecule has 1 nitrogen and oxygen atoms in total. The first-order valence-corrected chi connectivity index (χ1v) is 11.3. The minimum atomic E-state index is -1.88. The minimum absolute atomic E-state index is 0.725. The molecule has 0 bridgehead atoms. The van der Waals surface area contributed by atoms with Crippen molar-refractivity contribution in [2.75, 3.05) is 0 Å². The van der Waals surface area contributed by atoms with Crippen LogP contribution < -0.4 is 0 Å². The average molecular weight is 375 g/mol. The number of rotatable bonds is 0. The van der Waals surface area contributed by atoms with Gasteiger partial charge in [0.15, 0.2) is 0 Å². The van der Waals surface area contributed by atoms with E-state index in [1.54, 1.807) is 0 Å². The normalized spacial score (nSPS) is 14.3. The van der Waals surface area contributed by atoms with Gasteiger partial charge < -0.3 is 0 Å². The number of benzene rings is 4. The van der Waals surface area contributed by atoms with Crippen molar-refractivity contribution in [2.24, 2.45) is 0 Å². The van der Waals surface area contributed by atoms with Gasteiger partial charge in [0.2, 0.25) is 0 Å². The average Bonchev–Trinajstić information content (AvgIpc) is 2.77. The van der Waals surface area contributed by atoms with E-state index in [-0.39, 0.29) is 0 Å². The predicted molar refractivity (Wildman–Crippen MR) is 101 cm³/mol. The molecule has 0 N–H and O–H groups in total. The van der Waals surface area contributed by atoms with Gasteiger partial charge in [0.1, 0.15) is 0 Å². The molecular formula is C22H16OSe. The molecule has 4 aromatic carbocycles. The summed E-state index contributed by atoms with van der Waals surface area (Å²) in [7, 11) is 0. The van der Waals surface area contributed by atoms with Crippen LogP contribution >= 0.6 is 0 Å². The molecule has 0 saturated heterocycles. The number of fused-ring (bicyclic) bond motifs is 7. The van der Waals surface area contributed by atoms with Gasteiger partial charge in [0, 0.05) is 0 Å². The summed E-state index contributed by atoms with van der Waals surface area (Å²) >= 11 is -1.88. The van der Waals surface area contributed by atoms with Crippen LogP contribution in [-0.2, 0) is 14.5 Å². The van der Waals surface area contributed by atoms with Gasteiger partial charge in [0.05, 0.1) is 0 Å². The van der Waals surface area contributed by atoms with Gasteiger partial charge in [-0.15, -0.1) is 0 Å². The van der Waals surface area contributed by atoms with Crippen molar-refractivity contribution in [3.63, 3.8) is 0 Å². The molecule has 2 heteroatoms. The van der Waals surface area contributed by atoms with Crippen molar-refractivity contribution >= 4 is 35.4 Å². The summed E-state index contributed by atoms with van der Waals surface area (Å²) in [4.78, 5) is 0. The summed E-state index contributed by atoms with van der Waals surface area (Å²) in [6.45, 7) is 0. The summed E-state index contributed by atoms with van der Waals surface area (Å²) in [5.74, 6) is 0. The molecule has 0 unspecified atom stereocenters. The summed E-state index contributed by atoms with van der Waals surface area (Å²) in [6, 6.07) is 25.8. The molecule has 24 heavy (non-hydrogen) atoms. The maximum absolute atomic E-state index is 12.7. The van der Waals surface area contributed by atoms with E-state index in [1.807, 2.05) is 0 Å². The maximum atomic E-state index is 12.7. The third-order valence-corrected chi connectivity index (χ3v) is 7.57. The molecule has 0 aromatic heterocycles. The molecule has 4 aromatic rings. The Morgan fingerprint density at radius 2 is 1.04 bits per heavy atom. The van der Waals surface area contributed by atoms with Crippen molar-refractivity contribution in [1.29, 1.82) is 0 Å². The fourth-order valence-electron chi connectivity index (χ4n) is 3.86. The SMILES string of the molecule is O=[Se]1Cc2ccc3ccccc3c2-c2c(ccc3ccccc23)C1. The zero-order chi connectivity index (χ0) is 16.1. The Bertz CT molecular complexity index is 1040. The molecule has 0 aliphatic carbocycles. The van der Waals surface area contributed by atoms with Crippen LogP contribution in [0.15, 0.2) is 72.8 Å². The predicted octanol–water partition coefficient (Wildman–Crippen LogP) is 5.26. The first kappa shape index (κ1) is 14.1. The van der Waals surface area contributed by atoms with Gasteiger partial charge in [-0.2, -0.15) is 0 Å². The van der Waals surface area contributed by atoms with E-state index in [2.05, 4.69) is 72.8 Å². The molecule has 0 radical (unpaired) electrons. The van der Waals surface area contributed by atoms with Crippen LogP contribution in [0.2, 0.25) is 0 Å². The van der Waals surface area contributed by atoms with E-state index >= 15 is 0 Å². The molecule has 0 spiro atoms. The van der Waals surface area contributed by atoms with Gasteiger partial charge in [-0.05, 0) is 0 Å². The number of hydrogen-bond acceptors (Lipinski definition) is 1. The fourth-order valence-corrected chi connectivity index (χ4v) is 6.54. The van der Waals surface area contributed by atoms with Gasteiger partial charge in [-0.25, -0.2) is 0 Å². The summed E-state index contributed by atoms with van der Waals surface area (Å²) < 4.78 is 12.7. The zero-order valence-corrected chi connectivity index (χ0v) is 14.9. The van der Waals surface area contributed by atoms with Crippen molar-refractivity contribution < 1.29 is 3.83 Å². The Labute approximate surface area is 145 Å². The Balaban J connectivity index is 2.02. The second-order valence-corrected chi connectivity index (χ2v) is 9.43. The van der Waals surface area contributed by atoms with Gasteiger partial charge in [0.25, 0.3) is 0 Å². The molecule has 0 saturated carbocycles. The van der Waals surface area contributed by atoms with Crippen LogP contribution in [-0.4, -0.2) is 13.8 Å². The third kappa shape index (κ3) is 2.07. The molecule has 0 atom stereocenters. The Morgan fingerprint density at radius 3 is 1.54 bits per heavy atom. The van der Waals surface area contributed by atoms with E-state index in [9.17, 15) is 3.83 Å². The third-order valence-electron chi connectivity index (χ3n) is 4.91. The second-order valence-electron chi connectivity index (χ2n) is 6.37. The van der Waals surface area contributed by atoms with Crippen LogP contribution in [0.3, 0.4) is 0 Å². The Morgan fingerprint density at radius 1 is 0.583 bits per heavy atom. The number of hydrogen-bond donors (Lipinski definition) is 0.